The maximum atomic E-state index is 2.85. The van der Waals surface area contributed by atoms with E-state index in [1.807, 2.05) is 0 Å². The fraction of sp³-hybridized carbons (Fsp3) is 0.520. The van der Waals surface area contributed by atoms with E-state index in [9.17, 15) is 0 Å². The van der Waals surface area contributed by atoms with Gasteiger partial charge in [0.15, 0.2) is 0 Å². The molecule has 0 amide bonds. The van der Waals surface area contributed by atoms with Crippen molar-refractivity contribution in [1.29, 1.82) is 0 Å². The van der Waals surface area contributed by atoms with E-state index in [4.69, 9.17) is 0 Å². The Hall–Kier alpha value is -4.80. The minimum Gasteiger partial charge on any atom is -0.311 e. The second kappa shape index (κ2) is 16.7. The van der Waals surface area contributed by atoms with Gasteiger partial charge in [0.05, 0.1) is 0 Å². The summed E-state index contributed by atoms with van der Waals surface area (Å²) in [5.41, 5.74) is 28.8. The number of hydrogen-bond donors (Lipinski definition) is 0. The predicted molar refractivity (Wildman–Crippen MR) is 345 cm³/mol. The van der Waals surface area contributed by atoms with Crippen molar-refractivity contribution in [3.05, 3.63) is 134 Å². The molecular weight excluding hydrogens is 972 g/mol. The van der Waals surface area contributed by atoms with Gasteiger partial charge in [0.1, 0.15) is 0 Å². The summed E-state index contributed by atoms with van der Waals surface area (Å²) in [6.07, 6.45) is 16.1. The van der Waals surface area contributed by atoms with E-state index < -0.39 is 0 Å². The molecule has 7 aromatic rings. The van der Waals surface area contributed by atoms with Crippen LogP contribution >= 0.6 is 11.3 Å². The summed E-state index contributed by atoms with van der Waals surface area (Å²) >= 11 is 2.10. The number of rotatable bonds is 3. The van der Waals surface area contributed by atoms with Crippen LogP contribution in [0.5, 0.6) is 0 Å². The third kappa shape index (κ3) is 7.59. The molecule has 410 valence electrons. The molecule has 1 aromatic heterocycles. The monoisotopic (exact) mass is 1060 g/mol. The fourth-order valence-corrected chi connectivity index (χ4v) is 18.6. The first kappa shape index (κ1) is 52.3. The third-order valence-electron chi connectivity index (χ3n) is 23.2. The van der Waals surface area contributed by atoms with Gasteiger partial charge in [0.2, 0.25) is 0 Å². The highest BCUT2D eigenvalue weighted by Crippen LogP contribution is 2.57. The maximum absolute atomic E-state index is 2.85. The van der Waals surface area contributed by atoms with Crippen LogP contribution in [0.4, 0.5) is 34.1 Å². The molecule has 1 saturated carbocycles. The largest absolute Gasteiger partial charge is 0.311 e. The molecule has 0 radical (unpaired) electrons. The molecule has 4 heteroatoms. The number of nitrogens with zero attached hydrogens (tertiary/aromatic N) is 2. The summed E-state index contributed by atoms with van der Waals surface area (Å²) in [4.78, 5) is 5.68. The molecule has 0 N–H and O–H groups in total. The third-order valence-corrected chi connectivity index (χ3v) is 24.4. The molecule has 79 heavy (non-hydrogen) atoms. The first-order valence-corrected chi connectivity index (χ1v) is 32.1. The molecule has 14 rings (SSSR count). The number of anilines is 6. The number of benzene rings is 6. The van der Waals surface area contributed by atoms with Gasteiger partial charge in [-0.1, -0.05) is 154 Å². The van der Waals surface area contributed by atoms with Crippen LogP contribution in [-0.4, -0.2) is 6.71 Å². The average molecular weight is 1060 g/mol. The number of fused-ring (bicyclic) bond motifs is 12. The van der Waals surface area contributed by atoms with Crippen molar-refractivity contribution >= 4 is 88.7 Å². The molecule has 1 fully saturated rings. The first-order chi connectivity index (χ1) is 37.0. The van der Waals surface area contributed by atoms with Crippen LogP contribution in [-0.2, 0) is 43.3 Å². The van der Waals surface area contributed by atoms with Gasteiger partial charge in [-0.25, -0.2) is 0 Å². The Kier molecular flexibility index (Phi) is 11.0. The van der Waals surface area contributed by atoms with E-state index in [1.165, 1.54) is 182 Å². The summed E-state index contributed by atoms with van der Waals surface area (Å²) in [6, 6.07) is 34.7. The van der Waals surface area contributed by atoms with Crippen LogP contribution in [0.25, 0.3) is 20.2 Å². The van der Waals surface area contributed by atoms with Crippen molar-refractivity contribution in [2.75, 3.05) is 9.80 Å². The topological polar surface area (TPSA) is 6.48 Å². The molecule has 0 unspecified atom stereocenters. The summed E-state index contributed by atoms with van der Waals surface area (Å²) in [6.45, 7) is 42.7. The summed E-state index contributed by atoms with van der Waals surface area (Å²) in [5.74, 6) is 0.528. The second-order valence-corrected chi connectivity index (χ2v) is 33.3. The van der Waals surface area contributed by atoms with Crippen molar-refractivity contribution in [1.82, 2.24) is 0 Å². The Bertz CT molecular complexity index is 3770. The van der Waals surface area contributed by atoms with Gasteiger partial charge in [-0.2, -0.15) is 0 Å². The molecule has 6 aromatic carbocycles. The van der Waals surface area contributed by atoms with Crippen molar-refractivity contribution < 1.29 is 0 Å². The molecule has 0 bridgehead atoms. The molecule has 7 aliphatic rings. The Morgan fingerprint density at radius 2 is 0.861 bits per heavy atom. The number of thiophene rings is 1. The average Bonchev–Trinajstić information content (AvgIpc) is 3.16. The summed E-state index contributed by atoms with van der Waals surface area (Å²) in [7, 11) is 0. The molecule has 5 aliphatic carbocycles. The minimum atomic E-state index is 0.0367. The molecule has 0 spiro atoms. The fourth-order valence-electron chi connectivity index (χ4n) is 17.3. The minimum absolute atomic E-state index is 0.0367. The highest BCUT2D eigenvalue weighted by atomic mass is 32.1. The molecule has 0 atom stereocenters. The second-order valence-electron chi connectivity index (χ2n) is 32.2. The van der Waals surface area contributed by atoms with Crippen molar-refractivity contribution in [3.8, 4) is 0 Å². The Balaban J connectivity index is 1.15. The van der Waals surface area contributed by atoms with Gasteiger partial charge in [0.25, 0.3) is 6.71 Å². The SMILES string of the molecule is Cc1cc2c(cc1N1c3cc(C4CCCCC4)cc4c3B(c3cc5c(cc3N4c3ccc4c(c3)C(C)(C)CCC4(C)C)C(C)(C)CCC5(C)C)c3c1ccc1c3sc3cc4c(cc31)C(C)(C)CCC4(C)C)C(C)(C)CCC2(C)C. The molecule has 2 aliphatic heterocycles. The van der Waals surface area contributed by atoms with Crippen LogP contribution < -0.4 is 26.2 Å². The number of hydrogen-bond acceptors (Lipinski definition) is 3. The van der Waals surface area contributed by atoms with E-state index >= 15 is 0 Å². The first-order valence-electron chi connectivity index (χ1n) is 31.3. The quantitative estimate of drug-likeness (QED) is 0.163. The molecular formula is C75H91BN2S. The van der Waals surface area contributed by atoms with E-state index in [-0.39, 0.29) is 50.0 Å². The van der Waals surface area contributed by atoms with Gasteiger partial charge < -0.3 is 9.80 Å². The van der Waals surface area contributed by atoms with Crippen LogP contribution in [0, 0.1) is 6.92 Å². The van der Waals surface area contributed by atoms with Gasteiger partial charge >= 0.3 is 0 Å². The van der Waals surface area contributed by atoms with Crippen molar-refractivity contribution in [2.24, 2.45) is 0 Å². The molecule has 0 saturated heterocycles. The summed E-state index contributed by atoms with van der Waals surface area (Å²) in [5, 5.41) is 2.87. The van der Waals surface area contributed by atoms with E-state index in [2.05, 4.69) is 218 Å². The Morgan fingerprint density at radius 3 is 1.43 bits per heavy atom. The molecule has 2 nitrogen and oxygen atoms in total. The van der Waals surface area contributed by atoms with E-state index in [1.54, 1.807) is 27.8 Å². The highest BCUT2D eigenvalue weighted by molar-refractivity contribution is 7.28. The standard InChI is InChI=1S/C75H91BN2S/c1-44-35-51-55(73(12,13)32-29-69(51,4)5)41-60(44)78-59-26-24-48-49-39-53-57(75(16,17)34-30-71(53,8)9)43-64(49)79-67(48)66(59)76-58-40-54-56(74(14,15)33-31-72(54,10)11)42-61(58)77(47-23-25-50-52(38-47)70(6,7)28-27-68(50,2)3)62-36-46(37-63(78)65(62)76)45-21-19-18-20-22-45/h23-26,35-43,45H,18-22,27-34H2,1-17H3. The van der Waals surface area contributed by atoms with Crippen LogP contribution in [0.1, 0.15) is 256 Å². The lowest BCUT2D eigenvalue weighted by atomic mass is 9.33. The van der Waals surface area contributed by atoms with Gasteiger partial charge in [0, 0.05) is 48.9 Å². The normalized spacial score (nSPS) is 23.0. The van der Waals surface area contributed by atoms with E-state index in [0.29, 0.717) is 5.92 Å². The Labute approximate surface area is 480 Å². The van der Waals surface area contributed by atoms with Crippen LogP contribution in [0.3, 0.4) is 0 Å². The van der Waals surface area contributed by atoms with Gasteiger partial charge in [-0.3, -0.25) is 0 Å². The predicted octanol–water partition coefficient (Wildman–Crippen LogP) is 19.9. The van der Waals surface area contributed by atoms with Crippen molar-refractivity contribution in [3.63, 3.8) is 0 Å². The lowest BCUT2D eigenvalue weighted by Gasteiger charge is -2.48. The maximum Gasteiger partial charge on any atom is 0.254 e. The van der Waals surface area contributed by atoms with E-state index in [0.717, 1.165) is 0 Å². The Morgan fingerprint density at radius 1 is 0.392 bits per heavy atom. The lowest BCUT2D eigenvalue weighted by Crippen LogP contribution is -2.62. The zero-order chi connectivity index (χ0) is 55.7. The number of aryl methyl sites for hydroxylation is 1. The van der Waals surface area contributed by atoms with Crippen LogP contribution in [0.15, 0.2) is 78.9 Å². The van der Waals surface area contributed by atoms with Gasteiger partial charge in [-0.15, -0.1) is 11.3 Å². The smallest absolute Gasteiger partial charge is 0.254 e. The lowest BCUT2D eigenvalue weighted by molar-refractivity contribution is 0.332. The zero-order valence-electron chi connectivity index (χ0n) is 51.7. The summed E-state index contributed by atoms with van der Waals surface area (Å²) < 4.78 is 2.91. The molecule has 3 heterocycles. The highest BCUT2D eigenvalue weighted by Gasteiger charge is 2.50. The van der Waals surface area contributed by atoms with Gasteiger partial charge in [-0.05, 0) is 252 Å². The van der Waals surface area contributed by atoms with Crippen LogP contribution in [0.2, 0.25) is 0 Å². The van der Waals surface area contributed by atoms with Crippen molar-refractivity contribution in [2.45, 2.75) is 250 Å². The zero-order valence-corrected chi connectivity index (χ0v) is 52.5.